The Morgan fingerprint density at radius 2 is 1.90 bits per heavy atom. The maximum Gasteiger partial charge on any atom is 0.240 e. The van der Waals surface area contributed by atoms with Gasteiger partial charge in [0.1, 0.15) is 0 Å². The van der Waals surface area contributed by atoms with Crippen LogP contribution in [0.4, 0.5) is 5.69 Å². The van der Waals surface area contributed by atoms with E-state index in [1.165, 1.54) is 19.3 Å². The number of hydrogen-bond acceptors (Lipinski definition) is 3. The van der Waals surface area contributed by atoms with Crippen LogP contribution in [0.5, 0.6) is 0 Å². The minimum absolute atomic E-state index is 0.0156. The number of nitrogens with two attached hydrogens (primary N) is 1. The second-order valence-corrected chi connectivity index (χ2v) is 7.54. The lowest BCUT2D eigenvalue weighted by molar-refractivity contribution is 0.303. The smallest absolute Gasteiger partial charge is 0.240 e. The van der Waals surface area contributed by atoms with Crippen LogP contribution in [0.15, 0.2) is 23.1 Å². The van der Waals surface area contributed by atoms with Crippen LogP contribution in [0.1, 0.15) is 44.6 Å². The molecular formula is C15H24N2O2S. The van der Waals surface area contributed by atoms with Crippen molar-refractivity contribution in [1.29, 1.82) is 0 Å². The summed E-state index contributed by atoms with van der Waals surface area (Å²) in [7, 11) is -3.45. The Bertz CT molecular complexity index is 563. The number of anilines is 1. The fourth-order valence-corrected chi connectivity index (χ4v) is 4.26. The number of aryl methyl sites for hydroxylation is 1. The van der Waals surface area contributed by atoms with E-state index in [2.05, 4.69) is 4.72 Å². The van der Waals surface area contributed by atoms with Gasteiger partial charge in [-0.3, -0.25) is 0 Å². The van der Waals surface area contributed by atoms with Crippen LogP contribution in [-0.4, -0.2) is 14.5 Å². The molecule has 1 aliphatic carbocycles. The fraction of sp³-hybridized carbons (Fsp3) is 0.600. The Hall–Kier alpha value is -1.07. The second-order valence-electron chi connectivity index (χ2n) is 5.83. The molecule has 1 fully saturated rings. The molecule has 3 N–H and O–H groups in total. The molecule has 0 amide bonds. The van der Waals surface area contributed by atoms with E-state index in [0.717, 1.165) is 18.4 Å². The summed E-state index contributed by atoms with van der Waals surface area (Å²) >= 11 is 0. The van der Waals surface area contributed by atoms with Crippen LogP contribution in [0, 0.1) is 12.8 Å². The van der Waals surface area contributed by atoms with E-state index in [9.17, 15) is 8.42 Å². The normalized spacial score (nSPS) is 18.9. The van der Waals surface area contributed by atoms with E-state index in [1.807, 2.05) is 13.8 Å². The molecule has 20 heavy (non-hydrogen) atoms. The van der Waals surface area contributed by atoms with Crippen molar-refractivity contribution in [3.8, 4) is 0 Å². The van der Waals surface area contributed by atoms with Crippen LogP contribution in [-0.2, 0) is 10.0 Å². The predicted octanol–water partition coefficient (Wildman–Crippen LogP) is 2.82. The number of nitrogens with one attached hydrogen (secondary N) is 1. The average Bonchev–Trinajstić information content (AvgIpc) is 2.42. The predicted molar refractivity (Wildman–Crippen MR) is 81.9 cm³/mol. The summed E-state index contributed by atoms with van der Waals surface area (Å²) in [5, 5.41) is 0. The minimum atomic E-state index is -3.45. The zero-order chi connectivity index (χ0) is 14.8. The van der Waals surface area contributed by atoms with Crippen molar-refractivity contribution in [2.24, 2.45) is 5.92 Å². The summed E-state index contributed by atoms with van der Waals surface area (Å²) in [4.78, 5) is 0.298. The van der Waals surface area contributed by atoms with Gasteiger partial charge in [0, 0.05) is 11.7 Å². The van der Waals surface area contributed by atoms with Gasteiger partial charge in [-0.25, -0.2) is 13.1 Å². The molecule has 0 heterocycles. The Balaban J connectivity index is 2.11. The van der Waals surface area contributed by atoms with Crippen LogP contribution in [0.2, 0.25) is 0 Å². The average molecular weight is 296 g/mol. The molecule has 1 aromatic carbocycles. The van der Waals surface area contributed by atoms with Gasteiger partial charge in [-0.2, -0.15) is 0 Å². The van der Waals surface area contributed by atoms with Gasteiger partial charge in [0.15, 0.2) is 0 Å². The summed E-state index contributed by atoms with van der Waals surface area (Å²) < 4.78 is 27.6. The molecule has 5 heteroatoms. The van der Waals surface area contributed by atoms with Gasteiger partial charge < -0.3 is 5.73 Å². The molecule has 0 aromatic heterocycles. The molecule has 0 spiro atoms. The molecule has 0 saturated heterocycles. The molecule has 2 rings (SSSR count). The van der Waals surface area contributed by atoms with Gasteiger partial charge in [0.2, 0.25) is 10.0 Å². The molecular weight excluding hydrogens is 272 g/mol. The molecule has 1 aliphatic rings. The van der Waals surface area contributed by atoms with Crippen LogP contribution >= 0.6 is 0 Å². The third kappa shape index (κ3) is 3.52. The summed E-state index contributed by atoms with van der Waals surface area (Å²) in [5.74, 6) is 0.452. The lowest BCUT2D eigenvalue weighted by atomic mass is 9.85. The summed E-state index contributed by atoms with van der Waals surface area (Å²) in [6.45, 7) is 3.79. The largest absolute Gasteiger partial charge is 0.399 e. The highest BCUT2D eigenvalue weighted by atomic mass is 32.2. The molecule has 1 unspecified atom stereocenters. The SMILES string of the molecule is Cc1cc(S(=O)(=O)NC(C)C2CCCCC2)ccc1N. The van der Waals surface area contributed by atoms with Gasteiger partial charge in [0.05, 0.1) is 4.90 Å². The minimum Gasteiger partial charge on any atom is -0.399 e. The summed E-state index contributed by atoms with van der Waals surface area (Å²) in [6.07, 6.45) is 5.91. The first-order valence-electron chi connectivity index (χ1n) is 7.28. The van der Waals surface area contributed by atoms with E-state index in [-0.39, 0.29) is 6.04 Å². The number of nitrogen functional groups attached to an aromatic ring is 1. The van der Waals surface area contributed by atoms with E-state index >= 15 is 0 Å². The molecule has 112 valence electrons. The zero-order valence-electron chi connectivity index (χ0n) is 12.2. The summed E-state index contributed by atoms with van der Waals surface area (Å²) in [5.41, 5.74) is 7.14. The molecule has 0 radical (unpaired) electrons. The molecule has 4 nitrogen and oxygen atoms in total. The first kappa shape index (κ1) is 15.3. The summed E-state index contributed by atoms with van der Waals surface area (Å²) in [6, 6.07) is 4.83. The van der Waals surface area contributed by atoms with E-state index in [4.69, 9.17) is 5.73 Å². The highest BCUT2D eigenvalue weighted by Crippen LogP contribution is 2.27. The molecule has 1 saturated carbocycles. The maximum absolute atomic E-state index is 12.4. The fourth-order valence-electron chi connectivity index (χ4n) is 2.86. The topological polar surface area (TPSA) is 72.2 Å². The van der Waals surface area contributed by atoms with E-state index in [0.29, 0.717) is 16.5 Å². The number of rotatable bonds is 4. The van der Waals surface area contributed by atoms with Crippen molar-refractivity contribution in [3.05, 3.63) is 23.8 Å². The van der Waals surface area contributed by atoms with Crippen molar-refractivity contribution in [3.63, 3.8) is 0 Å². The van der Waals surface area contributed by atoms with Crippen molar-refractivity contribution in [2.45, 2.75) is 56.9 Å². The maximum atomic E-state index is 12.4. The van der Waals surface area contributed by atoms with Crippen LogP contribution in [0.25, 0.3) is 0 Å². The molecule has 0 bridgehead atoms. The van der Waals surface area contributed by atoms with E-state index < -0.39 is 10.0 Å². The first-order valence-corrected chi connectivity index (χ1v) is 8.77. The van der Waals surface area contributed by atoms with Crippen molar-refractivity contribution >= 4 is 15.7 Å². The van der Waals surface area contributed by atoms with Crippen molar-refractivity contribution < 1.29 is 8.42 Å². The van der Waals surface area contributed by atoms with Gasteiger partial charge in [0.25, 0.3) is 0 Å². The Labute approximate surface area is 121 Å². The Kier molecular flexibility index (Phi) is 4.70. The third-order valence-electron chi connectivity index (χ3n) is 4.25. The van der Waals surface area contributed by atoms with Crippen LogP contribution in [0.3, 0.4) is 0 Å². The molecule has 1 aromatic rings. The highest BCUT2D eigenvalue weighted by molar-refractivity contribution is 7.89. The highest BCUT2D eigenvalue weighted by Gasteiger charge is 2.25. The zero-order valence-corrected chi connectivity index (χ0v) is 13.0. The Morgan fingerprint density at radius 3 is 2.50 bits per heavy atom. The second kappa shape index (κ2) is 6.14. The number of hydrogen-bond donors (Lipinski definition) is 2. The third-order valence-corrected chi connectivity index (χ3v) is 5.81. The first-order chi connectivity index (χ1) is 9.40. The Morgan fingerprint density at radius 1 is 1.25 bits per heavy atom. The van der Waals surface area contributed by atoms with Crippen LogP contribution < -0.4 is 10.5 Å². The molecule has 1 atom stereocenters. The van der Waals surface area contributed by atoms with E-state index in [1.54, 1.807) is 18.2 Å². The quantitative estimate of drug-likeness (QED) is 0.839. The van der Waals surface area contributed by atoms with Crippen molar-refractivity contribution in [1.82, 2.24) is 4.72 Å². The van der Waals surface area contributed by atoms with Gasteiger partial charge in [-0.1, -0.05) is 19.3 Å². The number of sulfonamides is 1. The van der Waals surface area contributed by atoms with Gasteiger partial charge in [-0.15, -0.1) is 0 Å². The monoisotopic (exact) mass is 296 g/mol. The lowest BCUT2D eigenvalue weighted by Gasteiger charge is -2.28. The van der Waals surface area contributed by atoms with Gasteiger partial charge in [-0.05, 0) is 56.4 Å². The standard InChI is InChI=1S/C15H24N2O2S/c1-11-10-14(8-9-15(11)16)20(18,19)17-12(2)13-6-4-3-5-7-13/h8-10,12-13,17H,3-7,16H2,1-2H3. The molecule has 0 aliphatic heterocycles. The number of benzene rings is 1. The lowest BCUT2D eigenvalue weighted by Crippen LogP contribution is -2.38. The van der Waals surface area contributed by atoms with Gasteiger partial charge >= 0.3 is 0 Å². The van der Waals surface area contributed by atoms with Crippen molar-refractivity contribution in [2.75, 3.05) is 5.73 Å².